The van der Waals surface area contributed by atoms with E-state index in [-0.39, 0.29) is 11.6 Å². The molecular formula is C13H17FO. The van der Waals surface area contributed by atoms with Crippen molar-refractivity contribution < 1.29 is 9.18 Å². The van der Waals surface area contributed by atoms with Crippen LogP contribution in [0.25, 0.3) is 0 Å². The smallest absolute Gasteiger partial charge is 0.163 e. The third-order valence-electron chi connectivity index (χ3n) is 2.50. The highest BCUT2D eigenvalue weighted by atomic mass is 19.1. The molecule has 82 valence electrons. The Morgan fingerprint density at radius 2 is 2.07 bits per heavy atom. The number of hydrogen-bond donors (Lipinski definition) is 0. The van der Waals surface area contributed by atoms with Crippen LogP contribution in [0.3, 0.4) is 0 Å². The Labute approximate surface area is 90.3 Å². The van der Waals surface area contributed by atoms with Crippen LogP contribution in [0.1, 0.15) is 48.5 Å². The summed E-state index contributed by atoms with van der Waals surface area (Å²) in [4.78, 5) is 11.7. The van der Waals surface area contributed by atoms with Gasteiger partial charge in [0.15, 0.2) is 5.78 Å². The Balaban J connectivity index is 2.65. The third kappa shape index (κ3) is 3.46. The quantitative estimate of drug-likeness (QED) is 0.530. The van der Waals surface area contributed by atoms with Crippen LogP contribution in [0, 0.1) is 12.7 Å². The average Bonchev–Trinajstić information content (AvgIpc) is 2.17. The molecule has 1 aromatic carbocycles. The molecule has 0 fully saturated rings. The monoisotopic (exact) mass is 208 g/mol. The molecule has 0 amide bonds. The van der Waals surface area contributed by atoms with E-state index in [4.69, 9.17) is 0 Å². The minimum absolute atomic E-state index is 0.126. The molecule has 1 nitrogen and oxygen atoms in total. The Hall–Kier alpha value is -1.18. The van der Waals surface area contributed by atoms with E-state index < -0.39 is 0 Å². The predicted octanol–water partition coefficient (Wildman–Crippen LogP) is 3.90. The van der Waals surface area contributed by atoms with E-state index in [1.807, 2.05) is 0 Å². The molecule has 0 saturated carbocycles. The summed E-state index contributed by atoms with van der Waals surface area (Å²) < 4.78 is 12.8. The number of benzene rings is 1. The number of unbranched alkanes of at least 4 members (excludes halogenated alkanes) is 2. The normalized spacial score (nSPS) is 10.3. The Kier molecular flexibility index (Phi) is 4.47. The summed E-state index contributed by atoms with van der Waals surface area (Å²) in [5.41, 5.74) is 1.39. The number of ketones is 1. The molecule has 0 aliphatic carbocycles. The number of aryl methyl sites for hydroxylation is 1. The van der Waals surface area contributed by atoms with E-state index in [1.165, 1.54) is 12.1 Å². The summed E-state index contributed by atoms with van der Waals surface area (Å²) in [6.45, 7) is 3.88. The first-order valence-electron chi connectivity index (χ1n) is 5.44. The van der Waals surface area contributed by atoms with Crippen molar-refractivity contribution >= 4 is 5.78 Å². The van der Waals surface area contributed by atoms with Crippen LogP contribution in [0.4, 0.5) is 4.39 Å². The Morgan fingerprint density at radius 3 is 2.67 bits per heavy atom. The lowest BCUT2D eigenvalue weighted by Gasteiger charge is -2.04. The SMILES string of the molecule is CCCCCC(=O)c1ccc(F)cc1C. The summed E-state index contributed by atoms with van der Waals surface area (Å²) in [5.74, 6) is -0.154. The van der Waals surface area contributed by atoms with Gasteiger partial charge in [-0.25, -0.2) is 4.39 Å². The van der Waals surface area contributed by atoms with E-state index >= 15 is 0 Å². The number of rotatable bonds is 5. The van der Waals surface area contributed by atoms with Crippen LogP contribution in [-0.2, 0) is 0 Å². The predicted molar refractivity (Wildman–Crippen MR) is 59.6 cm³/mol. The molecule has 1 aromatic rings. The minimum Gasteiger partial charge on any atom is -0.294 e. The van der Waals surface area contributed by atoms with Crippen molar-refractivity contribution in [3.8, 4) is 0 Å². The first-order chi connectivity index (χ1) is 7.15. The third-order valence-corrected chi connectivity index (χ3v) is 2.50. The number of halogens is 1. The van der Waals surface area contributed by atoms with Crippen molar-refractivity contribution in [3.05, 3.63) is 35.1 Å². The molecule has 0 radical (unpaired) electrons. The first kappa shape index (κ1) is 11.9. The second kappa shape index (κ2) is 5.64. The van der Waals surface area contributed by atoms with Gasteiger partial charge in [-0.1, -0.05) is 19.8 Å². The molecular weight excluding hydrogens is 191 g/mol. The summed E-state index contributed by atoms with van der Waals surface area (Å²) in [6.07, 6.45) is 3.67. The molecule has 0 bridgehead atoms. The van der Waals surface area contributed by atoms with E-state index in [0.717, 1.165) is 24.8 Å². The lowest BCUT2D eigenvalue weighted by Crippen LogP contribution is -2.01. The summed E-state index contributed by atoms with van der Waals surface area (Å²) in [7, 11) is 0. The molecule has 0 spiro atoms. The lowest BCUT2D eigenvalue weighted by molar-refractivity contribution is 0.0978. The fraction of sp³-hybridized carbons (Fsp3) is 0.462. The van der Waals surface area contributed by atoms with Gasteiger partial charge in [0, 0.05) is 12.0 Å². The molecule has 0 atom stereocenters. The maximum atomic E-state index is 12.8. The van der Waals surface area contributed by atoms with E-state index in [0.29, 0.717) is 12.0 Å². The second-order valence-corrected chi connectivity index (χ2v) is 3.84. The van der Waals surface area contributed by atoms with Crippen molar-refractivity contribution in [2.24, 2.45) is 0 Å². The zero-order valence-electron chi connectivity index (χ0n) is 9.35. The molecule has 0 N–H and O–H groups in total. The fourth-order valence-electron chi connectivity index (χ4n) is 1.61. The maximum absolute atomic E-state index is 12.8. The first-order valence-corrected chi connectivity index (χ1v) is 5.44. The minimum atomic E-state index is -0.280. The highest BCUT2D eigenvalue weighted by Crippen LogP contribution is 2.14. The van der Waals surface area contributed by atoms with Crippen molar-refractivity contribution in [2.75, 3.05) is 0 Å². The van der Waals surface area contributed by atoms with Crippen LogP contribution in [-0.4, -0.2) is 5.78 Å². The van der Waals surface area contributed by atoms with E-state index in [1.54, 1.807) is 13.0 Å². The molecule has 0 aromatic heterocycles. The summed E-state index contributed by atoms with van der Waals surface area (Å²) in [6, 6.07) is 4.34. The van der Waals surface area contributed by atoms with Gasteiger partial charge in [-0.05, 0) is 37.1 Å². The van der Waals surface area contributed by atoms with Crippen LogP contribution < -0.4 is 0 Å². The van der Waals surface area contributed by atoms with Gasteiger partial charge in [0.05, 0.1) is 0 Å². The lowest BCUT2D eigenvalue weighted by atomic mass is 10.0. The maximum Gasteiger partial charge on any atom is 0.163 e. The summed E-state index contributed by atoms with van der Waals surface area (Å²) in [5, 5.41) is 0. The van der Waals surface area contributed by atoms with E-state index in [2.05, 4.69) is 6.92 Å². The van der Waals surface area contributed by atoms with Gasteiger partial charge in [0.25, 0.3) is 0 Å². The van der Waals surface area contributed by atoms with Crippen LogP contribution in [0.15, 0.2) is 18.2 Å². The molecule has 0 saturated heterocycles. The molecule has 2 heteroatoms. The van der Waals surface area contributed by atoms with Crippen molar-refractivity contribution in [2.45, 2.75) is 39.5 Å². The van der Waals surface area contributed by atoms with Crippen molar-refractivity contribution in [1.29, 1.82) is 0 Å². The number of hydrogen-bond acceptors (Lipinski definition) is 1. The molecule has 1 rings (SSSR count). The number of carbonyl (C=O) groups is 1. The molecule has 0 aliphatic heterocycles. The van der Waals surface area contributed by atoms with Crippen LogP contribution in [0.2, 0.25) is 0 Å². The topological polar surface area (TPSA) is 17.1 Å². The largest absolute Gasteiger partial charge is 0.294 e. The van der Waals surface area contributed by atoms with Crippen LogP contribution >= 0.6 is 0 Å². The number of carbonyl (C=O) groups excluding carboxylic acids is 1. The average molecular weight is 208 g/mol. The fourth-order valence-corrected chi connectivity index (χ4v) is 1.61. The molecule has 0 heterocycles. The van der Waals surface area contributed by atoms with Gasteiger partial charge in [-0.2, -0.15) is 0 Å². The molecule has 15 heavy (non-hydrogen) atoms. The second-order valence-electron chi connectivity index (χ2n) is 3.84. The van der Waals surface area contributed by atoms with E-state index in [9.17, 15) is 9.18 Å². The van der Waals surface area contributed by atoms with Gasteiger partial charge in [0.2, 0.25) is 0 Å². The highest BCUT2D eigenvalue weighted by molar-refractivity contribution is 5.97. The Bertz CT molecular complexity index is 344. The molecule has 0 unspecified atom stereocenters. The van der Waals surface area contributed by atoms with Crippen molar-refractivity contribution in [1.82, 2.24) is 0 Å². The van der Waals surface area contributed by atoms with Gasteiger partial charge in [-0.3, -0.25) is 4.79 Å². The van der Waals surface area contributed by atoms with Gasteiger partial charge in [-0.15, -0.1) is 0 Å². The zero-order chi connectivity index (χ0) is 11.3. The zero-order valence-corrected chi connectivity index (χ0v) is 9.35. The van der Waals surface area contributed by atoms with Gasteiger partial charge in [0.1, 0.15) is 5.82 Å². The van der Waals surface area contributed by atoms with Crippen LogP contribution in [0.5, 0.6) is 0 Å². The number of Topliss-reactive ketones (excluding diaryl/α,β-unsaturated/α-hetero) is 1. The van der Waals surface area contributed by atoms with Crippen molar-refractivity contribution in [3.63, 3.8) is 0 Å². The summed E-state index contributed by atoms with van der Waals surface area (Å²) >= 11 is 0. The standard InChI is InChI=1S/C13H17FO/c1-3-4-5-6-13(15)12-8-7-11(14)9-10(12)2/h7-9H,3-6H2,1-2H3. The Morgan fingerprint density at radius 1 is 1.33 bits per heavy atom. The van der Waals surface area contributed by atoms with Gasteiger partial charge < -0.3 is 0 Å². The molecule has 0 aliphatic rings. The highest BCUT2D eigenvalue weighted by Gasteiger charge is 2.08. The van der Waals surface area contributed by atoms with Gasteiger partial charge >= 0.3 is 0 Å².